The molecule has 0 unspecified atom stereocenters. The van der Waals surface area contributed by atoms with Crippen molar-refractivity contribution >= 4 is 51.8 Å². The number of benzene rings is 1. The molecule has 5 aliphatic rings. The number of hydrazine groups is 1. The van der Waals surface area contributed by atoms with Crippen LogP contribution in [0.4, 0.5) is 0 Å². The van der Waals surface area contributed by atoms with Crippen LogP contribution in [-0.4, -0.2) is 135 Å². The lowest BCUT2D eigenvalue weighted by molar-refractivity contribution is -0.155. The fraction of sp³-hybridized carbons (Fsp3) is 0.588. The second-order valence-electron chi connectivity index (χ2n) is 20.6. The van der Waals surface area contributed by atoms with Gasteiger partial charge in [0.15, 0.2) is 0 Å². The second-order valence-corrected chi connectivity index (χ2v) is 21.6. The van der Waals surface area contributed by atoms with Crippen molar-refractivity contribution in [2.75, 3.05) is 40.4 Å². The standard InChI is InChI=1S/C51H67N9O8S/c1-8-59-39-18-17-31-21-33(39)34(44(59)32-15-11-19-52-41(32)29(3)67-7)23-51(4,5)27-68-50(66)36-16-12-20-60(56-36)48(64)37(22-40-53-38(31)26-69-40)54-46(62)43(30-13-9-10-14-30)57(6)47(63)35-25-58(24-28(35)2)49(65)42-45(61)55-42/h11,15,17-19,21,26,28-30,35-37,42-43,45,55-56,61H,8-10,12-14,16,20,22-25,27H2,1-7H3,(H,54,62)/t28-,29+,35+,36+,37+,42-,43+,45-/m1/s1. The molecule has 6 bridgehead atoms. The predicted molar refractivity (Wildman–Crippen MR) is 260 cm³/mol. The number of cyclic esters (lactones) is 1. The highest BCUT2D eigenvalue weighted by Gasteiger charge is 2.49. The lowest BCUT2D eigenvalue weighted by Crippen LogP contribution is -2.62. The summed E-state index contributed by atoms with van der Waals surface area (Å²) in [5.74, 6) is -2.60. The van der Waals surface area contributed by atoms with Gasteiger partial charge in [0.1, 0.15) is 30.4 Å². The van der Waals surface area contributed by atoms with E-state index < -0.39 is 59.5 Å². The number of amides is 4. The third kappa shape index (κ3) is 9.79. The predicted octanol–water partition coefficient (Wildman–Crippen LogP) is 4.60. The number of aliphatic hydroxyl groups is 1. The number of carbonyl (C=O) groups excluding carboxylic acids is 5. The zero-order chi connectivity index (χ0) is 48.9. The number of nitrogens with one attached hydrogen (secondary N) is 3. The molecule has 370 valence electrons. The lowest BCUT2D eigenvalue weighted by atomic mass is 9.84. The molecule has 8 atom stereocenters. The van der Waals surface area contributed by atoms with E-state index in [2.05, 4.69) is 65.7 Å². The number of nitrogens with zero attached hydrogens (tertiary/aromatic N) is 6. The molecule has 4 aromatic rings. The fourth-order valence-electron chi connectivity index (χ4n) is 11.2. The molecule has 7 heterocycles. The van der Waals surface area contributed by atoms with Gasteiger partial charge in [-0.2, -0.15) is 0 Å². The van der Waals surface area contributed by atoms with Crippen molar-refractivity contribution in [3.05, 3.63) is 58.2 Å². The van der Waals surface area contributed by atoms with E-state index in [0.29, 0.717) is 43.9 Å². The molecule has 0 spiro atoms. The summed E-state index contributed by atoms with van der Waals surface area (Å²) in [4.78, 5) is 84.3. The van der Waals surface area contributed by atoms with Gasteiger partial charge in [-0.05, 0) is 87.6 Å². The highest BCUT2D eigenvalue weighted by molar-refractivity contribution is 7.10. The largest absolute Gasteiger partial charge is 0.464 e. The van der Waals surface area contributed by atoms with Gasteiger partial charge in [-0.3, -0.25) is 39.3 Å². The minimum Gasteiger partial charge on any atom is -0.464 e. The van der Waals surface area contributed by atoms with E-state index >= 15 is 0 Å². The molecule has 3 saturated heterocycles. The van der Waals surface area contributed by atoms with Gasteiger partial charge in [-0.25, -0.2) is 10.4 Å². The van der Waals surface area contributed by atoms with Gasteiger partial charge in [0.2, 0.25) is 17.7 Å². The molecule has 3 aromatic heterocycles. The van der Waals surface area contributed by atoms with Gasteiger partial charge >= 0.3 is 5.97 Å². The number of fused-ring (bicyclic) bond motifs is 6. The van der Waals surface area contributed by atoms with E-state index in [9.17, 15) is 29.1 Å². The van der Waals surface area contributed by atoms with E-state index in [0.717, 1.165) is 70.4 Å². The number of rotatable bonds is 10. The SMILES string of the molecule is CCn1c(-c2cccnc2[C@H](C)OC)c2c3cc(ccc31)-c1csc(n1)C[C@H](NC(=O)[C@H](C1CCCC1)N(C)C(=O)[C@H]1CN(C(=O)[C@@H]3N[C@@H]3O)C[C@H]1C)C(=O)N1CCC[C@H](N1)C(=O)OCC(C)(C)C2. The van der Waals surface area contributed by atoms with Crippen LogP contribution in [0.1, 0.15) is 95.5 Å². The summed E-state index contributed by atoms with van der Waals surface area (Å²) >= 11 is 1.42. The molecule has 4 fully saturated rings. The molecule has 69 heavy (non-hydrogen) atoms. The van der Waals surface area contributed by atoms with E-state index in [1.54, 1.807) is 30.2 Å². The van der Waals surface area contributed by atoms with Crippen molar-refractivity contribution < 1.29 is 38.6 Å². The molecule has 17 nitrogen and oxygen atoms in total. The van der Waals surface area contributed by atoms with Gasteiger partial charge in [0.25, 0.3) is 5.91 Å². The average molecular weight is 966 g/mol. The monoisotopic (exact) mass is 965 g/mol. The molecule has 9 rings (SSSR count). The van der Waals surface area contributed by atoms with Crippen LogP contribution < -0.4 is 16.1 Å². The number of hydrogen-bond donors (Lipinski definition) is 4. The maximum absolute atomic E-state index is 14.9. The maximum atomic E-state index is 14.9. The average Bonchev–Trinajstić information content (AvgIpc) is 3.84. The first-order chi connectivity index (χ1) is 33.1. The Morgan fingerprint density at radius 1 is 1.12 bits per heavy atom. The van der Waals surface area contributed by atoms with E-state index in [-0.39, 0.29) is 49.3 Å². The number of methoxy groups -OCH3 is 1. The zero-order valence-electron chi connectivity index (χ0n) is 40.8. The third-order valence-corrected chi connectivity index (χ3v) is 16.0. The topological polar surface area (TPSA) is 210 Å². The van der Waals surface area contributed by atoms with Crippen LogP contribution in [0.25, 0.3) is 33.4 Å². The Morgan fingerprint density at radius 3 is 2.61 bits per heavy atom. The number of aliphatic hydroxyl groups excluding tert-OH is 1. The van der Waals surface area contributed by atoms with Crippen molar-refractivity contribution in [3.63, 3.8) is 0 Å². The Hall–Kier alpha value is -5.27. The number of carbonyl (C=O) groups is 5. The zero-order valence-corrected chi connectivity index (χ0v) is 41.6. The number of ether oxygens (including phenoxy) is 2. The lowest BCUT2D eigenvalue weighted by Gasteiger charge is -2.37. The number of likely N-dealkylation sites (N-methyl/N-ethyl adjacent to an activating group) is 1. The van der Waals surface area contributed by atoms with Crippen molar-refractivity contribution in [1.29, 1.82) is 0 Å². The number of aryl methyl sites for hydroxylation is 1. The molecule has 1 saturated carbocycles. The molecule has 18 heteroatoms. The van der Waals surface area contributed by atoms with Gasteiger partial charge in [-0.15, -0.1) is 11.3 Å². The molecule has 4 aliphatic heterocycles. The first kappa shape index (κ1) is 48.7. The van der Waals surface area contributed by atoms with Crippen LogP contribution in [-0.2, 0) is 52.8 Å². The van der Waals surface area contributed by atoms with Crippen LogP contribution in [0.3, 0.4) is 0 Å². The van der Waals surface area contributed by atoms with E-state index in [1.807, 2.05) is 25.3 Å². The summed E-state index contributed by atoms with van der Waals surface area (Å²) in [6, 6.07) is 7.03. The van der Waals surface area contributed by atoms with Gasteiger partial charge in [0, 0.05) is 85.8 Å². The number of esters is 1. The quantitative estimate of drug-likeness (QED) is 0.127. The fourth-order valence-corrected chi connectivity index (χ4v) is 12.0. The van der Waals surface area contributed by atoms with Crippen LogP contribution in [0.5, 0.6) is 0 Å². The highest BCUT2D eigenvalue weighted by Crippen LogP contribution is 2.42. The van der Waals surface area contributed by atoms with Crippen molar-refractivity contribution in [2.24, 2.45) is 23.2 Å². The van der Waals surface area contributed by atoms with Gasteiger partial charge in [0.05, 0.1) is 40.7 Å². The number of thiazole rings is 1. The van der Waals surface area contributed by atoms with Crippen molar-refractivity contribution in [2.45, 2.75) is 129 Å². The Bertz CT molecular complexity index is 2610. The van der Waals surface area contributed by atoms with E-state index in [1.165, 1.54) is 16.3 Å². The number of hydrogen-bond acceptors (Lipinski definition) is 13. The Kier molecular flexibility index (Phi) is 14.0. The maximum Gasteiger partial charge on any atom is 0.324 e. The minimum absolute atomic E-state index is 0.0783. The molecule has 0 radical (unpaired) electrons. The number of aromatic nitrogens is 3. The van der Waals surface area contributed by atoms with E-state index in [4.69, 9.17) is 19.4 Å². The Labute approximate surface area is 407 Å². The Balaban J connectivity index is 1.06. The summed E-state index contributed by atoms with van der Waals surface area (Å²) in [7, 11) is 3.34. The van der Waals surface area contributed by atoms with Crippen LogP contribution >= 0.6 is 11.3 Å². The molecular weight excluding hydrogens is 899 g/mol. The first-order valence-electron chi connectivity index (χ1n) is 24.7. The molecule has 1 aliphatic carbocycles. The van der Waals surface area contributed by atoms with Crippen LogP contribution in [0.15, 0.2) is 41.9 Å². The third-order valence-electron chi connectivity index (χ3n) is 15.1. The minimum atomic E-state index is -1.08. The summed E-state index contributed by atoms with van der Waals surface area (Å²) in [6.45, 7) is 12.0. The van der Waals surface area contributed by atoms with Crippen LogP contribution in [0.2, 0.25) is 0 Å². The smallest absolute Gasteiger partial charge is 0.324 e. The first-order valence-corrected chi connectivity index (χ1v) is 25.6. The normalized spacial score (nSPS) is 26.1. The van der Waals surface area contributed by atoms with Crippen molar-refractivity contribution in [3.8, 4) is 22.5 Å². The van der Waals surface area contributed by atoms with Crippen LogP contribution in [0, 0.1) is 23.2 Å². The molecule has 1 aromatic carbocycles. The van der Waals surface area contributed by atoms with Crippen molar-refractivity contribution in [1.82, 2.24) is 45.4 Å². The summed E-state index contributed by atoms with van der Waals surface area (Å²) in [6.07, 6.45) is 5.64. The molecular formula is C51H67N9O8S. The summed E-state index contributed by atoms with van der Waals surface area (Å²) in [5, 5.41) is 20.8. The molecule has 4 N–H and O–H groups in total. The number of pyridine rings is 1. The highest BCUT2D eigenvalue weighted by atomic mass is 32.1. The summed E-state index contributed by atoms with van der Waals surface area (Å²) in [5.41, 5.74) is 9.28. The summed E-state index contributed by atoms with van der Waals surface area (Å²) < 4.78 is 14.3. The van der Waals surface area contributed by atoms with Gasteiger partial charge in [-0.1, -0.05) is 39.7 Å². The molecule has 4 amide bonds. The second kappa shape index (κ2) is 19.9. The van der Waals surface area contributed by atoms with Gasteiger partial charge < -0.3 is 34.3 Å². The number of likely N-dealkylation sites (tertiary alicyclic amines) is 1. The Morgan fingerprint density at radius 2 is 1.88 bits per heavy atom.